The van der Waals surface area contributed by atoms with Gasteiger partial charge in [0.15, 0.2) is 0 Å². The second-order valence-electron chi connectivity index (χ2n) is 4.53. The van der Waals surface area contributed by atoms with Crippen LogP contribution in [0.4, 0.5) is 4.39 Å². The molecule has 1 unspecified atom stereocenters. The van der Waals surface area contributed by atoms with Crippen molar-refractivity contribution in [3.63, 3.8) is 0 Å². The highest BCUT2D eigenvalue weighted by molar-refractivity contribution is 6.30. The molecule has 20 heavy (non-hydrogen) atoms. The van der Waals surface area contributed by atoms with Gasteiger partial charge in [0.05, 0.1) is 5.02 Å². The molecule has 1 aromatic rings. The molecule has 1 saturated heterocycles. The third-order valence-electron chi connectivity index (χ3n) is 3.18. The minimum atomic E-state index is -0.992. The molecule has 2 rings (SSSR count). The zero-order chi connectivity index (χ0) is 14.7. The predicted octanol–water partition coefficient (Wildman–Crippen LogP) is 2.57. The summed E-state index contributed by atoms with van der Waals surface area (Å²) in [5.74, 6) is -1.88. The molecule has 0 saturated carbocycles. The molecule has 1 aliphatic rings. The molecule has 6 heteroatoms. The number of rotatable bonds is 3. The van der Waals surface area contributed by atoms with Gasteiger partial charge in [0.25, 0.3) is 0 Å². The van der Waals surface area contributed by atoms with Crippen molar-refractivity contribution in [3.8, 4) is 0 Å². The smallest absolute Gasteiger partial charge is 0.326 e. The lowest BCUT2D eigenvalue weighted by atomic mass is 10.2. The van der Waals surface area contributed by atoms with Gasteiger partial charge in [-0.15, -0.1) is 0 Å². The molecule has 1 N–H and O–H groups in total. The third kappa shape index (κ3) is 3.17. The number of carbonyl (C=O) groups is 2. The van der Waals surface area contributed by atoms with Gasteiger partial charge >= 0.3 is 5.97 Å². The molecule has 0 radical (unpaired) electrons. The average Bonchev–Trinajstić information content (AvgIpc) is 2.89. The summed E-state index contributed by atoms with van der Waals surface area (Å²) in [6.45, 7) is 0.435. The van der Waals surface area contributed by atoms with Crippen LogP contribution < -0.4 is 0 Å². The van der Waals surface area contributed by atoms with E-state index in [1.165, 1.54) is 35.3 Å². The summed E-state index contributed by atoms with van der Waals surface area (Å²) >= 11 is 5.64. The molecular weight excluding hydrogens is 285 g/mol. The van der Waals surface area contributed by atoms with E-state index in [0.29, 0.717) is 24.9 Å². The van der Waals surface area contributed by atoms with Gasteiger partial charge < -0.3 is 10.0 Å². The van der Waals surface area contributed by atoms with Crippen LogP contribution in [0.15, 0.2) is 24.3 Å². The quantitative estimate of drug-likeness (QED) is 0.872. The maximum absolute atomic E-state index is 13.0. The molecule has 0 aromatic heterocycles. The summed E-state index contributed by atoms with van der Waals surface area (Å²) in [4.78, 5) is 24.3. The van der Waals surface area contributed by atoms with Crippen molar-refractivity contribution in [1.29, 1.82) is 0 Å². The molecule has 1 atom stereocenters. The van der Waals surface area contributed by atoms with E-state index in [1.807, 2.05) is 0 Å². The van der Waals surface area contributed by atoms with Crippen molar-refractivity contribution in [2.45, 2.75) is 18.9 Å². The van der Waals surface area contributed by atoms with Gasteiger partial charge in [0, 0.05) is 12.6 Å². The number of aliphatic carboxylic acids is 1. The number of hydrogen-bond donors (Lipinski definition) is 1. The fourth-order valence-corrected chi connectivity index (χ4v) is 2.36. The van der Waals surface area contributed by atoms with Crippen LogP contribution in [-0.2, 0) is 9.59 Å². The Morgan fingerprint density at radius 2 is 2.20 bits per heavy atom. The number of hydrogen-bond acceptors (Lipinski definition) is 2. The number of likely N-dealkylation sites (tertiary alicyclic amines) is 1. The Balaban J connectivity index is 2.08. The lowest BCUT2D eigenvalue weighted by Gasteiger charge is -2.19. The van der Waals surface area contributed by atoms with Crippen LogP contribution >= 0.6 is 11.6 Å². The van der Waals surface area contributed by atoms with Crippen LogP contribution in [0.5, 0.6) is 0 Å². The van der Waals surface area contributed by atoms with Gasteiger partial charge in [-0.2, -0.15) is 0 Å². The molecule has 1 amide bonds. The van der Waals surface area contributed by atoms with E-state index in [1.54, 1.807) is 0 Å². The molecule has 0 aliphatic carbocycles. The zero-order valence-electron chi connectivity index (χ0n) is 10.6. The van der Waals surface area contributed by atoms with E-state index >= 15 is 0 Å². The number of amides is 1. The van der Waals surface area contributed by atoms with Crippen molar-refractivity contribution in [2.24, 2.45) is 0 Å². The minimum Gasteiger partial charge on any atom is -0.480 e. The number of carbonyl (C=O) groups excluding carboxylic acids is 1. The number of halogens is 2. The van der Waals surface area contributed by atoms with Gasteiger partial charge in [-0.25, -0.2) is 9.18 Å². The van der Waals surface area contributed by atoms with Crippen LogP contribution in [-0.4, -0.2) is 34.5 Å². The largest absolute Gasteiger partial charge is 0.480 e. The molecule has 0 spiro atoms. The summed E-state index contributed by atoms with van der Waals surface area (Å²) < 4.78 is 13.0. The SMILES string of the molecule is O=C(O)C1CCCN1C(=O)/C=C/c1ccc(F)c(Cl)c1. The lowest BCUT2D eigenvalue weighted by Crippen LogP contribution is -2.39. The topological polar surface area (TPSA) is 57.6 Å². The predicted molar refractivity (Wildman–Crippen MR) is 72.8 cm³/mol. The molecule has 1 fully saturated rings. The van der Waals surface area contributed by atoms with Crippen LogP contribution in [0, 0.1) is 5.82 Å². The summed E-state index contributed by atoms with van der Waals surface area (Å²) in [7, 11) is 0. The fraction of sp³-hybridized carbons (Fsp3) is 0.286. The van der Waals surface area contributed by atoms with Crippen molar-refractivity contribution < 1.29 is 19.1 Å². The number of carboxylic acids is 1. The first-order chi connectivity index (χ1) is 9.49. The van der Waals surface area contributed by atoms with Crippen LogP contribution in [0.3, 0.4) is 0 Å². The Morgan fingerprint density at radius 1 is 1.45 bits per heavy atom. The molecule has 1 aromatic carbocycles. The highest BCUT2D eigenvalue weighted by Crippen LogP contribution is 2.19. The molecule has 106 valence electrons. The highest BCUT2D eigenvalue weighted by Gasteiger charge is 2.32. The molecule has 1 heterocycles. The Hall–Kier alpha value is -1.88. The van der Waals surface area contributed by atoms with Crippen molar-refractivity contribution in [3.05, 3.63) is 40.7 Å². The maximum atomic E-state index is 13.0. The zero-order valence-corrected chi connectivity index (χ0v) is 11.3. The van der Waals surface area contributed by atoms with Gasteiger partial charge in [-0.1, -0.05) is 17.7 Å². The van der Waals surface area contributed by atoms with E-state index in [2.05, 4.69) is 0 Å². The van der Waals surface area contributed by atoms with Crippen LogP contribution in [0.1, 0.15) is 18.4 Å². The summed E-state index contributed by atoms with van der Waals surface area (Å²) in [5.41, 5.74) is 0.579. The van der Waals surface area contributed by atoms with Gasteiger partial charge in [0.2, 0.25) is 5.91 Å². The lowest BCUT2D eigenvalue weighted by molar-refractivity contribution is -0.146. The minimum absolute atomic E-state index is 0.0239. The second kappa shape index (κ2) is 6.05. The monoisotopic (exact) mass is 297 g/mol. The van der Waals surface area contributed by atoms with E-state index in [0.717, 1.165) is 0 Å². The summed E-state index contributed by atoms with van der Waals surface area (Å²) in [5, 5.41) is 8.98. The Morgan fingerprint density at radius 3 is 2.85 bits per heavy atom. The van der Waals surface area contributed by atoms with Gasteiger partial charge in [-0.05, 0) is 36.6 Å². The Kier molecular flexibility index (Phi) is 4.39. The first-order valence-electron chi connectivity index (χ1n) is 6.15. The maximum Gasteiger partial charge on any atom is 0.326 e. The summed E-state index contributed by atoms with van der Waals surface area (Å²) in [6.07, 6.45) is 3.92. The highest BCUT2D eigenvalue weighted by atomic mass is 35.5. The van der Waals surface area contributed by atoms with Crippen molar-refractivity contribution in [1.82, 2.24) is 4.90 Å². The normalized spacial score (nSPS) is 18.7. The van der Waals surface area contributed by atoms with E-state index in [4.69, 9.17) is 16.7 Å². The van der Waals surface area contributed by atoms with E-state index in [-0.39, 0.29) is 10.9 Å². The Bertz CT molecular complexity index is 574. The molecular formula is C14H13ClFNO3. The number of nitrogens with zero attached hydrogens (tertiary/aromatic N) is 1. The number of benzene rings is 1. The van der Waals surface area contributed by atoms with Crippen molar-refractivity contribution >= 4 is 29.6 Å². The van der Waals surface area contributed by atoms with Crippen molar-refractivity contribution in [2.75, 3.05) is 6.54 Å². The number of carboxylic acid groups (broad SMARTS) is 1. The average molecular weight is 298 g/mol. The Labute approximate surface area is 120 Å². The molecule has 4 nitrogen and oxygen atoms in total. The standard InChI is InChI=1S/C14H13ClFNO3/c15-10-8-9(3-5-11(10)16)4-6-13(18)17-7-1-2-12(17)14(19)20/h3-6,8,12H,1-2,7H2,(H,19,20)/b6-4+. The second-order valence-corrected chi connectivity index (χ2v) is 4.94. The first kappa shape index (κ1) is 14.5. The van der Waals surface area contributed by atoms with E-state index < -0.39 is 17.8 Å². The third-order valence-corrected chi connectivity index (χ3v) is 3.47. The van der Waals surface area contributed by atoms with E-state index in [9.17, 15) is 14.0 Å². The van der Waals surface area contributed by atoms with Gasteiger partial charge in [0.1, 0.15) is 11.9 Å². The van der Waals surface area contributed by atoms with Crippen LogP contribution in [0.25, 0.3) is 6.08 Å². The van der Waals surface area contributed by atoms with Gasteiger partial charge in [-0.3, -0.25) is 4.79 Å². The molecule has 0 bridgehead atoms. The van der Waals surface area contributed by atoms with Crippen LogP contribution in [0.2, 0.25) is 5.02 Å². The molecule has 1 aliphatic heterocycles. The fourth-order valence-electron chi connectivity index (χ4n) is 2.17. The summed E-state index contributed by atoms with van der Waals surface area (Å²) in [6, 6.07) is 3.34. The first-order valence-corrected chi connectivity index (χ1v) is 6.53.